The maximum Gasteiger partial charge on any atom is 0.341 e. The van der Waals surface area contributed by atoms with Crippen molar-refractivity contribution < 1.29 is 18.7 Å². The highest BCUT2D eigenvalue weighted by molar-refractivity contribution is 5.96. The highest BCUT2D eigenvalue weighted by Crippen LogP contribution is 2.15. The number of ether oxygens (including phenoxy) is 1. The molecule has 1 amide bonds. The van der Waals surface area contributed by atoms with Crippen LogP contribution in [0.4, 0.5) is 10.1 Å². The average molecular weight is 296 g/mol. The van der Waals surface area contributed by atoms with E-state index in [1.165, 1.54) is 13.0 Å². The molecule has 0 fully saturated rings. The monoisotopic (exact) mass is 296 g/mol. The molecule has 1 aromatic carbocycles. The first-order chi connectivity index (χ1) is 9.88. The first-order valence-corrected chi connectivity index (χ1v) is 6.95. The zero-order chi connectivity index (χ0) is 16.0. The summed E-state index contributed by atoms with van der Waals surface area (Å²) < 4.78 is 18.0. The number of amides is 1. The lowest BCUT2D eigenvalue weighted by Crippen LogP contribution is -2.41. The molecule has 1 aromatic rings. The van der Waals surface area contributed by atoms with Crippen molar-refractivity contribution in [3.05, 3.63) is 29.6 Å². The van der Waals surface area contributed by atoms with E-state index in [0.29, 0.717) is 0 Å². The molecule has 1 unspecified atom stereocenters. The molecule has 1 rings (SSSR count). The summed E-state index contributed by atoms with van der Waals surface area (Å²) in [6.07, 6.45) is 0.657. The Kier molecular flexibility index (Phi) is 6.14. The van der Waals surface area contributed by atoms with E-state index in [-0.39, 0.29) is 23.2 Å². The molecular formula is C15H21FN2O3. The van der Waals surface area contributed by atoms with Crippen molar-refractivity contribution in [2.45, 2.75) is 45.8 Å². The molecule has 1 atom stereocenters. The number of carbonyl (C=O) groups excluding carboxylic acids is 2. The second-order valence-electron chi connectivity index (χ2n) is 4.80. The van der Waals surface area contributed by atoms with Crippen LogP contribution in [-0.2, 0) is 9.53 Å². The third-order valence-corrected chi connectivity index (χ3v) is 3.22. The van der Waals surface area contributed by atoms with Crippen LogP contribution in [0.2, 0.25) is 0 Å². The quantitative estimate of drug-likeness (QED) is 0.623. The van der Waals surface area contributed by atoms with Crippen LogP contribution in [0.3, 0.4) is 0 Å². The number of benzene rings is 1. The summed E-state index contributed by atoms with van der Waals surface area (Å²) in [5.41, 5.74) is 5.58. The molecule has 0 bridgehead atoms. The second kappa shape index (κ2) is 7.61. The fourth-order valence-corrected chi connectivity index (χ4v) is 1.81. The minimum Gasteiger partial charge on any atom is -0.449 e. The van der Waals surface area contributed by atoms with Crippen LogP contribution >= 0.6 is 0 Å². The van der Waals surface area contributed by atoms with Gasteiger partial charge in [-0.15, -0.1) is 0 Å². The Labute approximate surface area is 123 Å². The number of esters is 1. The number of nitrogens with one attached hydrogen (secondary N) is 1. The van der Waals surface area contributed by atoms with E-state index < -0.39 is 17.9 Å². The van der Waals surface area contributed by atoms with Crippen LogP contribution in [0.1, 0.15) is 44.0 Å². The van der Waals surface area contributed by atoms with Gasteiger partial charge in [-0.05, 0) is 38.0 Å². The average Bonchev–Trinajstić information content (AvgIpc) is 2.44. The molecule has 0 saturated heterocycles. The third-order valence-electron chi connectivity index (χ3n) is 3.22. The van der Waals surface area contributed by atoms with Crippen molar-refractivity contribution in [1.82, 2.24) is 5.32 Å². The molecule has 21 heavy (non-hydrogen) atoms. The molecule has 0 aliphatic rings. The second-order valence-corrected chi connectivity index (χ2v) is 4.80. The van der Waals surface area contributed by atoms with Crippen LogP contribution in [0.25, 0.3) is 0 Å². The summed E-state index contributed by atoms with van der Waals surface area (Å²) in [5.74, 6) is -1.65. The van der Waals surface area contributed by atoms with Gasteiger partial charge in [0.2, 0.25) is 0 Å². The first kappa shape index (κ1) is 16.9. The third kappa shape index (κ3) is 4.73. The lowest BCUT2D eigenvalue weighted by Gasteiger charge is -2.19. The highest BCUT2D eigenvalue weighted by atomic mass is 19.1. The van der Waals surface area contributed by atoms with Crippen molar-refractivity contribution in [2.24, 2.45) is 0 Å². The van der Waals surface area contributed by atoms with Gasteiger partial charge in [-0.2, -0.15) is 0 Å². The first-order valence-electron chi connectivity index (χ1n) is 6.95. The molecule has 0 radical (unpaired) electrons. The molecule has 0 aromatic heterocycles. The fourth-order valence-electron chi connectivity index (χ4n) is 1.81. The summed E-state index contributed by atoms with van der Waals surface area (Å²) in [6, 6.07) is 3.43. The number of nitrogen functional groups attached to an aromatic ring is 1. The van der Waals surface area contributed by atoms with Crippen LogP contribution in [0, 0.1) is 5.82 Å². The SMILES string of the molecule is CCC(CC)NC(=O)C(C)OC(=O)c1ccc(F)cc1N. The zero-order valence-corrected chi connectivity index (χ0v) is 12.5. The molecule has 0 saturated carbocycles. The Morgan fingerprint density at radius 2 is 1.95 bits per heavy atom. The van der Waals surface area contributed by atoms with Gasteiger partial charge in [0.1, 0.15) is 5.82 Å². The van der Waals surface area contributed by atoms with E-state index in [1.54, 1.807) is 0 Å². The highest BCUT2D eigenvalue weighted by Gasteiger charge is 2.21. The van der Waals surface area contributed by atoms with Crippen LogP contribution in [-0.4, -0.2) is 24.0 Å². The van der Waals surface area contributed by atoms with Gasteiger partial charge in [0, 0.05) is 11.7 Å². The minimum atomic E-state index is -0.942. The summed E-state index contributed by atoms with van der Waals surface area (Å²) in [5, 5.41) is 2.79. The number of nitrogens with two attached hydrogens (primary N) is 1. The largest absolute Gasteiger partial charge is 0.449 e. The number of halogens is 1. The lowest BCUT2D eigenvalue weighted by atomic mass is 10.1. The van der Waals surface area contributed by atoms with Crippen molar-refractivity contribution in [1.29, 1.82) is 0 Å². The van der Waals surface area contributed by atoms with E-state index in [2.05, 4.69) is 5.32 Å². The van der Waals surface area contributed by atoms with Crippen LogP contribution in [0.5, 0.6) is 0 Å². The molecule has 0 aliphatic heterocycles. The number of rotatable bonds is 6. The Bertz CT molecular complexity index is 516. The summed E-state index contributed by atoms with van der Waals surface area (Å²) in [6.45, 7) is 5.41. The summed E-state index contributed by atoms with van der Waals surface area (Å²) in [7, 11) is 0. The van der Waals surface area contributed by atoms with Crippen LogP contribution in [0.15, 0.2) is 18.2 Å². The van der Waals surface area contributed by atoms with Gasteiger partial charge in [-0.1, -0.05) is 13.8 Å². The predicted molar refractivity (Wildman–Crippen MR) is 78.2 cm³/mol. The topological polar surface area (TPSA) is 81.4 Å². The van der Waals surface area contributed by atoms with Gasteiger partial charge in [-0.25, -0.2) is 9.18 Å². The van der Waals surface area contributed by atoms with E-state index in [4.69, 9.17) is 10.5 Å². The molecule has 5 nitrogen and oxygen atoms in total. The van der Waals surface area contributed by atoms with Crippen LogP contribution < -0.4 is 11.1 Å². The number of hydrogen-bond donors (Lipinski definition) is 2. The van der Waals surface area contributed by atoms with Gasteiger partial charge in [0.05, 0.1) is 5.56 Å². The molecule has 3 N–H and O–H groups in total. The number of anilines is 1. The van der Waals surface area contributed by atoms with E-state index in [9.17, 15) is 14.0 Å². The number of carbonyl (C=O) groups is 2. The van der Waals surface area contributed by atoms with Gasteiger partial charge >= 0.3 is 5.97 Å². The molecular weight excluding hydrogens is 275 g/mol. The lowest BCUT2D eigenvalue weighted by molar-refractivity contribution is -0.129. The summed E-state index contributed by atoms with van der Waals surface area (Å²) >= 11 is 0. The van der Waals surface area contributed by atoms with Gasteiger partial charge in [0.25, 0.3) is 5.91 Å². The zero-order valence-electron chi connectivity index (χ0n) is 12.5. The Morgan fingerprint density at radius 1 is 1.33 bits per heavy atom. The molecule has 0 spiro atoms. The normalized spacial score (nSPS) is 12.0. The van der Waals surface area contributed by atoms with Crippen molar-refractivity contribution in [3.8, 4) is 0 Å². The Morgan fingerprint density at radius 3 is 2.48 bits per heavy atom. The van der Waals surface area contributed by atoms with Gasteiger partial charge in [-0.3, -0.25) is 4.79 Å². The van der Waals surface area contributed by atoms with Gasteiger partial charge in [0.15, 0.2) is 6.10 Å². The number of hydrogen-bond acceptors (Lipinski definition) is 4. The van der Waals surface area contributed by atoms with Gasteiger partial charge < -0.3 is 15.8 Å². The molecule has 0 aliphatic carbocycles. The van der Waals surface area contributed by atoms with Crippen molar-refractivity contribution >= 4 is 17.6 Å². The fraction of sp³-hybridized carbons (Fsp3) is 0.467. The summed E-state index contributed by atoms with van der Waals surface area (Å²) in [4.78, 5) is 23.8. The Hall–Kier alpha value is -2.11. The maximum absolute atomic E-state index is 12.9. The van der Waals surface area contributed by atoms with E-state index in [0.717, 1.165) is 25.0 Å². The molecule has 0 heterocycles. The molecule has 116 valence electrons. The predicted octanol–water partition coefficient (Wildman–Crippen LogP) is 2.26. The standard InChI is InChI=1S/C15H21FN2O3/c1-4-11(5-2)18-14(19)9(3)21-15(20)12-7-6-10(16)8-13(12)17/h6-9,11H,4-5,17H2,1-3H3,(H,18,19). The smallest absolute Gasteiger partial charge is 0.341 e. The molecule has 6 heteroatoms. The maximum atomic E-state index is 12.9. The van der Waals surface area contributed by atoms with E-state index >= 15 is 0 Å². The Balaban J connectivity index is 2.67. The van der Waals surface area contributed by atoms with E-state index in [1.807, 2.05) is 13.8 Å². The minimum absolute atomic E-state index is 0.0207. The van der Waals surface area contributed by atoms with Crippen molar-refractivity contribution in [2.75, 3.05) is 5.73 Å². The van der Waals surface area contributed by atoms with Crippen molar-refractivity contribution in [3.63, 3.8) is 0 Å².